The summed E-state index contributed by atoms with van der Waals surface area (Å²) in [6, 6.07) is 0. The molecule has 0 amide bonds. The molecule has 8 heteroatoms. The molecular weight excluding hydrogens is 244 g/mol. The molecule has 0 aliphatic heterocycles. The van der Waals surface area contributed by atoms with E-state index in [0.29, 0.717) is 31.8 Å². The van der Waals surface area contributed by atoms with Crippen molar-refractivity contribution in [3.8, 4) is 0 Å². The lowest BCUT2D eigenvalue weighted by Crippen LogP contribution is -2.18. The van der Waals surface area contributed by atoms with Crippen molar-refractivity contribution in [2.75, 3.05) is 30.7 Å². The van der Waals surface area contributed by atoms with Gasteiger partial charge in [-0.3, -0.25) is 9.40 Å². The Hall–Kier alpha value is -1.12. The number of ether oxygens (including phenoxy) is 1. The minimum absolute atomic E-state index is 0.0206. The zero-order valence-corrected chi connectivity index (χ0v) is 10.6. The highest BCUT2D eigenvalue weighted by Gasteiger charge is 2.10. The number of sulfonamides is 1. The molecule has 0 atom stereocenters. The minimum atomic E-state index is -3.32. The molecule has 1 aromatic rings. The first-order chi connectivity index (χ1) is 8.07. The number of hydrogen-bond donors (Lipinski definition) is 2. The zero-order chi connectivity index (χ0) is 12.7. The van der Waals surface area contributed by atoms with E-state index in [1.54, 1.807) is 18.0 Å². The molecule has 0 bridgehead atoms. The predicted octanol–water partition coefficient (Wildman–Crippen LogP) is -0.380. The number of anilines is 1. The average Bonchev–Trinajstić information content (AvgIpc) is 2.70. The molecule has 0 aliphatic rings. The summed E-state index contributed by atoms with van der Waals surface area (Å²) in [5, 5.41) is 4.00. The molecule has 1 rings (SSSR count). The number of rotatable bonds is 8. The van der Waals surface area contributed by atoms with Crippen LogP contribution in [-0.4, -0.2) is 44.2 Å². The number of aromatic nitrogens is 2. The molecule has 0 unspecified atom stereocenters. The van der Waals surface area contributed by atoms with Crippen LogP contribution in [0.25, 0.3) is 0 Å². The third-order valence-electron chi connectivity index (χ3n) is 2.05. The van der Waals surface area contributed by atoms with E-state index >= 15 is 0 Å². The van der Waals surface area contributed by atoms with Gasteiger partial charge in [0.25, 0.3) is 0 Å². The van der Waals surface area contributed by atoms with E-state index in [1.165, 1.54) is 6.20 Å². The summed E-state index contributed by atoms with van der Waals surface area (Å²) in [6.45, 7) is 1.47. The first-order valence-corrected chi connectivity index (χ1v) is 6.94. The zero-order valence-electron chi connectivity index (χ0n) is 9.80. The normalized spacial score (nSPS) is 11.6. The lowest BCUT2D eigenvalue weighted by Gasteiger charge is -2.04. The molecule has 17 heavy (non-hydrogen) atoms. The maximum Gasteiger partial charge on any atom is 0.232 e. The highest BCUT2D eigenvalue weighted by atomic mass is 32.2. The molecule has 1 heterocycles. The Morgan fingerprint density at radius 2 is 2.35 bits per heavy atom. The molecule has 0 radical (unpaired) electrons. The third kappa shape index (κ3) is 5.16. The average molecular weight is 262 g/mol. The standard InChI is InChI=1S/C9H18N4O3S/c1-16-5-4-13-8-9(7-11-13)12-17(14,15)6-2-3-10/h7-8,12H,2-6,10H2,1H3. The van der Waals surface area contributed by atoms with Gasteiger partial charge in [0.1, 0.15) is 0 Å². The van der Waals surface area contributed by atoms with Crippen LogP contribution in [0.3, 0.4) is 0 Å². The third-order valence-corrected chi connectivity index (χ3v) is 3.42. The Morgan fingerprint density at radius 3 is 3.00 bits per heavy atom. The van der Waals surface area contributed by atoms with E-state index in [-0.39, 0.29) is 5.75 Å². The summed E-state index contributed by atoms with van der Waals surface area (Å²) in [5.74, 6) is 0.0206. The van der Waals surface area contributed by atoms with Crippen LogP contribution in [0.2, 0.25) is 0 Å². The van der Waals surface area contributed by atoms with Crippen molar-refractivity contribution in [1.29, 1.82) is 0 Å². The van der Waals surface area contributed by atoms with Gasteiger partial charge in [-0.25, -0.2) is 8.42 Å². The maximum absolute atomic E-state index is 11.6. The minimum Gasteiger partial charge on any atom is -0.383 e. The van der Waals surface area contributed by atoms with Crippen molar-refractivity contribution >= 4 is 15.7 Å². The van der Waals surface area contributed by atoms with Gasteiger partial charge >= 0.3 is 0 Å². The van der Waals surface area contributed by atoms with Crippen LogP contribution in [-0.2, 0) is 21.3 Å². The van der Waals surface area contributed by atoms with Gasteiger partial charge in [-0.1, -0.05) is 0 Å². The highest BCUT2D eigenvalue weighted by molar-refractivity contribution is 7.92. The van der Waals surface area contributed by atoms with Crippen molar-refractivity contribution in [2.45, 2.75) is 13.0 Å². The molecule has 0 aromatic carbocycles. The van der Waals surface area contributed by atoms with E-state index in [0.717, 1.165) is 0 Å². The fourth-order valence-electron chi connectivity index (χ4n) is 1.23. The predicted molar refractivity (Wildman–Crippen MR) is 65.2 cm³/mol. The maximum atomic E-state index is 11.6. The summed E-state index contributed by atoms with van der Waals surface area (Å²) in [5.41, 5.74) is 5.72. The van der Waals surface area contributed by atoms with Gasteiger partial charge in [-0.2, -0.15) is 5.10 Å². The van der Waals surface area contributed by atoms with Crippen LogP contribution in [0.5, 0.6) is 0 Å². The summed E-state index contributed by atoms with van der Waals surface area (Å²) in [6.07, 6.45) is 3.53. The van der Waals surface area contributed by atoms with Crippen molar-refractivity contribution in [3.63, 3.8) is 0 Å². The smallest absolute Gasteiger partial charge is 0.232 e. The number of nitrogens with zero attached hydrogens (tertiary/aromatic N) is 2. The SMILES string of the molecule is COCCn1cc(NS(=O)(=O)CCCN)cn1. The molecule has 0 aliphatic carbocycles. The summed E-state index contributed by atoms with van der Waals surface area (Å²) in [7, 11) is -1.72. The molecule has 0 saturated heterocycles. The van der Waals surface area contributed by atoms with Crippen LogP contribution in [0.15, 0.2) is 12.4 Å². The molecule has 98 valence electrons. The van der Waals surface area contributed by atoms with Crippen LogP contribution < -0.4 is 10.5 Å². The second-order valence-corrected chi connectivity index (χ2v) is 5.39. The molecule has 3 N–H and O–H groups in total. The molecule has 1 aromatic heterocycles. The van der Waals surface area contributed by atoms with E-state index < -0.39 is 10.0 Å². The van der Waals surface area contributed by atoms with Gasteiger partial charge in [-0.15, -0.1) is 0 Å². The Bertz CT molecular complexity index is 429. The van der Waals surface area contributed by atoms with E-state index in [9.17, 15) is 8.42 Å². The lowest BCUT2D eigenvalue weighted by molar-refractivity contribution is 0.183. The molecule has 0 spiro atoms. The Labute approximate surface area is 101 Å². The highest BCUT2D eigenvalue weighted by Crippen LogP contribution is 2.08. The van der Waals surface area contributed by atoms with Crippen molar-refractivity contribution in [2.24, 2.45) is 5.73 Å². The van der Waals surface area contributed by atoms with Gasteiger partial charge in [0.05, 0.1) is 30.8 Å². The molecule has 0 fully saturated rings. The Balaban J connectivity index is 2.53. The summed E-state index contributed by atoms with van der Waals surface area (Å²) < 4.78 is 32.1. The van der Waals surface area contributed by atoms with Gasteiger partial charge in [-0.05, 0) is 13.0 Å². The molecule has 7 nitrogen and oxygen atoms in total. The first kappa shape index (κ1) is 13.9. The number of hydrogen-bond acceptors (Lipinski definition) is 5. The molecule has 0 saturated carbocycles. The Morgan fingerprint density at radius 1 is 1.59 bits per heavy atom. The van der Waals surface area contributed by atoms with Crippen LogP contribution in [0, 0.1) is 0 Å². The van der Waals surface area contributed by atoms with Crippen LogP contribution in [0.1, 0.15) is 6.42 Å². The van der Waals surface area contributed by atoms with Crippen molar-refractivity contribution in [3.05, 3.63) is 12.4 Å². The van der Waals surface area contributed by atoms with Crippen molar-refractivity contribution in [1.82, 2.24) is 9.78 Å². The summed E-state index contributed by atoms with van der Waals surface area (Å²) >= 11 is 0. The lowest BCUT2D eigenvalue weighted by atomic mass is 10.5. The number of nitrogens with two attached hydrogens (primary N) is 1. The van der Waals surface area contributed by atoms with Crippen LogP contribution in [0.4, 0.5) is 5.69 Å². The summed E-state index contributed by atoms with van der Waals surface area (Å²) in [4.78, 5) is 0. The molecular formula is C9H18N4O3S. The first-order valence-electron chi connectivity index (χ1n) is 5.29. The van der Waals surface area contributed by atoms with E-state index in [2.05, 4.69) is 9.82 Å². The van der Waals surface area contributed by atoms with E-state index in [1.807, 2.05) is 0 Å². The van der Waals surface area contributed by atoms with Gasteiger partial charge in [0.15, 0.2) is 0 Å². The quantitative estimate of drug-likeness (QED) is 0.665. The second-order valence-electron chi connectivity index (χ2n) is 3.55. The van der Waals surface area contributed by atoms with Crippen molar-refractivity contribution < 1.29 is 13.2 Å². The fourth-order valence-corrected chi connectivity index (χ4v) is 2.34. The van der Waals surface area contributed by atoms with Gasteiger partial charge < -0.3 is 10.5 Å². The Kier molecular flexibility index (Phi) is 5.39. The largest absolute Gasteiger partial charge is 0.383 e. The fraction of sp³-hybridized carbons (Fsp3) is 0.667. The van der Waals surface area contributed by atoms with Gasteiger partial charge in [0, 0.05) is 13.3 Å². The number of methoxy groups -OCH3 is 1. The monoisotopic (exact) mass is 262 g/mol. The van der Waals surface area contributed by atoms with E-state index in [4.69, 9.17) is 10.5 Å². The van der Waals surface area contributed by atoms with Gasteiger partial charge in [0.2, 0.25) is 10.0 Å². The number of nitrogens with one attached hydrogen (secondary N) is 1. The van der Waals surface area contributed by atoms with Crippen LogP contribution >= 0.6 is 0 Å². The second kappa shape index (κ2) is 6.58. The topological polar surface area (TPSA) is 99.2 Å².